The molecule has 46 heavy (non-hydrogen) atoms. The Labute approximate surface area is 295 Å². The van der Waals surface area contributed by atoms with Gasteiger partial charge in [-0.2, -0.15) is 0 Å². The fourth-order valence-electron chi connectivity index (χ4n) is 8.76. The van der Waals surface area contributed by atoms with Crippen LogP contribution in [0.1, 0.15) is 102 Å². The zero-order chi connectivity index (χ0) is 31.0. The number of rotatable bonds is 4. The van der Waals surface area contributed by atoms with E-state index < -0.39 is 20.3 Å². The summed E-state index contributed by atoms with van der Waals surface area (Å²) < 4.78 is 4.31. The first kappa shape index (κ1) is 35.1. The van der Waals surface area contributed by atoms with Crippen molar-refractivity contribution >= 4 is 12.2 Å². The number of allylic oxidation sites excluding steroid dienone is 2. The van der Waals surface area contributed by atoms with E-state index in [1.165, 1.54) is 59.2 Å². The van der Waals surface area contributed by atoms with E-state index in [1.807, 2.05) is 0 Å². The van der Waals surface area contributed by atoms with Crippen molar-refractivity contribution in [1.82, 2.24) is 0 Å². The first-order chi connectivity index (χ1) is 20.9. The van der Waals surface area contributed by atoms with Gasteiger partial charge in [0, 0.05) is 0 Å². The van der Waals surface area contributed by atoms with Crippen LogP contribution in [0.3, 0.4) is 0 Å². The molecule has 0 bridgehead atoms. The predicted octanol–water partition coefficient (Wildman–Crippen LogP) is 6.63. The van der Waals surface area contributed by atoms with Crippen LogP contribution in [0.4, 0.5) is 0 Å². The van der Waals surface area contributed by atoms with Gasteiger partial charge in [-0.25, -0.2) is 0 Å². The molecule has 238 valence electrons. The van der Waals surface area contributed by atoms with Gasteiger partial charge in [-0.1, -0.05) is 0 Å². The molecular formula is C43H48Cl2Zr. The molecular weight excluding hydrogens is 679 g/mol. The molecule has 1 fully saturated rings. The van der Waals surface area contributed by atoms with E-state index in [0.29, 0.717) is 7.25 Å². The second kappa shape index (κ2) is 12.7. The van der Waals surface area contributed by atoms with Crippen LogP contribution >= 0.6 is 0 Å². The van der Waals surface area contributed by atoms with Crippen molar-refractivity contribution in [2.45, 2.75) is 88.1 Å². The van der Waals surface area contributed by atoms with Crippen molar-refractivity contribution in [2.75, 3.05) is 0 Å². The number of hydrogen-bond acceptors (Lipinski definition) is 0. The Hall–Kier alpha value is -2.18. The second-order valence-corrected chi connectivity index (χ2v) is 27.4. The average Bonchev–Trinajstić information content (AvgIpc) is 3.48. The van der Waals surface area contributed by atoms with Crippen LogP contribution in [-0.2, 0) is 31.1 Å². The van der Waals surface area contributed by atoms with Gasteiger partial charge in [0.2, 0.25) is 0 Å². The molecule has 4 aromatic rings. The summed E-state index contributed by atoms with van der Waals surface area (Å²) >= 11 is -2.77. The van der Waals surface area contributed by atoms with Gasteiger partial charge in [-0.3, -0.25) is 0 Å². The molecule has 0 amide bonds. The minimum atomic E-state index is -2.77. The van der Waals surface area contributed by atoms with Crippen molar-refractivity contribution in [3.05, 3.63) is 129 Å². The number of fused-ring (bicyclic) bond motifs is 2. The zero-order valence-electron chi connectivity index (χ0n) is 28.8. The van der Waals surface area contributed by atoms with Gasteiger partial charge >= 0.3 is 272 Å². The fourth-order valence-corrected chi connectivity index (χ4v) is 24.4. The van der Waals surface area contributed by atoms with Crippen molar-refractivity contribution in [2.24, 2.45) is 0 Å². The molecule has 4 aromatic carbocycles. The van der Waals surface area contributed by atoms with Gasteiger partial charge in [-0.15, -0.1) is 0 Å². The van der Waals surface area contributed by atoms with E-state index in [9.17, 15) is 0 Å². The number of halogens is 2. The molecule has 1 aliphatic heterocycles. The first-order valence-electron chi connectivity index (χ1n) is 16.7. The zero-order valence-corrected chi connectivity index (χ0v) is 32.7. The van der Waals surface area contributed by atoms with Gasteiger partial charge in [0.1, 0.15) is 0 Å². The summed E-state index contributed by atoms with van der Waals surface area (Å²) in [6.45, 7) is 18.7. The van der Waals surface area contributed by atoms with E-state index >= 15 is 0 Å². The Bertz CT molecular complexity index is 1680. The second-order valence-electron chi connectivity index (χ2n) is 16.0. The Balaban J connectivity index is 0.00000208. The van der Waals surface area contributed by atoms with Crippen LogP contribution in [0.2, 0.25) is 8.26 Å². The normalized spacial score (nSPS) is 18.9. The summed E-state index contributed by atoms with van der Waals surface area (Å²) in [6, 6.07) is 33.1. The van der Waals surface area contributed by atoms with Gasteiger partial charge < -0.3 is 24.8 Å². The van der Waals surface area contributed by atoms with Gasteiger partial charge in [-0.05, 0) is 0 Å². The van der Waals surface area contributed by atoms with Crippen LogP contribution in [0.25, 0.3) is 34.4 Å². The third-order valence-corrected chi connectivity index (χ3v) is 26.8. The smallest absolute Gasteiger partial charge is 1.00 e. The molecule has 2 aliphatic carbocycles. The summed E-state index contributed by atoms with van der Waals surface area (Å²) in [4.78, 5) is 0. The molecule has 3 aliphatic rings. The molecule has 0 N–H and O–H groups in total. The van der Waals surface area contributed by atoms with Crippen molar-refractivity contribution in [1.29, 1.82) is 0 Å². The summed E-state index contributed by atoms with van der Waals surface area (Å²) in [6.07, 6.45) is 6.56. The first-order valence-corrected chi connectivity index (χ1v) is 23.0. The Morgan fingerprint density at radius 1 is 0.522 bits per heavy atom. The molecule has 0 nitrogen and oxygen atoms in total. The van der Waals surface area contributed by atoms with Crippen LogP contribution in [0, 0.1) is 0 Å². The van der Waals surface area contributed by atoms with Gasteiger partial charge in [0.05, 0.1) is 0 Å². The van der Waals surface area contributed by atoms with Crippen LogP contribution in [0.15, 0.2) is 96.1 Å². The Kier molecular flexibility index (Phi) is 9.70. The van der Waals surface area contributed by atoms with E-state index in [-0.39, 0.29) is 35.6 Å². The van der Waals surface area contributed by atoms with Crippen LogP contribution < -0.4 is 24.8 Å². The largest absolute Gasteiger partial charge is 1.00 e. The minimum absolute atomic E-state index is 0. The maximum absolute atomic E-state index is 2.77. The van der Waals surface area contributed by atoms with E-state index in [1.54, 1.807) is 22.3 Å². The molecule has 0 aromatic heterocycles. The van der Waals surface area contributed by atoms with Gasteiger partial charge in [0.15, 0.2) is 0 Å². The van der Waals surface area contributed by atoms with E-state index in [0.717, 1.165) is 0 Å². The van der Waals surface area contributed by atoms with E-state index in [4.69, 9.17) is 0 Å². The predicted molar refractivity (Wildman–Crippen MR) is 188 cm³/mol. The maximum Gasteiger partial charge on any atom is -1.00 e. The summed E-state index contributed by atoms with van der Waals surface area (Å²) in [5, 5.41) is 0. The molecule has 2 atom stereocenters. The number of hydrogen-bond donors (Lipinski definition) is 0. The fraction of sp³-hybridized carbons (Fsp3) is 0.349. The SMILES string of the molecule is CC1=Cc2c(-c3ccc(C(C)(C)C)cc3)cccc2[CH]1[Zr+2]1([CH]2C(C)=Cc3c(-c4ccc(C(C)(C)C)cc4)cccc32)[CH2]C[CH2]1.[Cl-].[Cl-]. The molecule has 0 radical (unpaired) electrons. The summed E-state index contributed by atoms with van der Waals surface area (Å²) in [5.74, 6) is 0. The third-order valence-electron chi connectivity index (χ3n) is 11.1. The number of benzene rings is 4. The summed E-state index contributed by atoms with van der Waals surface area (Å²) in [7, 11) is 0. The van der Waals surface area contributed by atoms with Crippen molar-refractivity contribution < 1.29 is 45.1 Å². The molecule has 2 unspecified atom stereocenters. The molecule has 1 heterocycles. The summed E-state index contributed by atoms with van der Waals surface area (Å²) in [5.41, 5.74) is 18.2. The van der Waals surface area contributed by atoms with Crippen LogP contribution in [0.5, 0.6) is 0 Å². The van der Waals surface area contributed by atoms with Crippen LogP contribution in [-0.4, -0.2) is 0 Å². The van der Waals surface area contributed by atoms with E-state index in [2.05, 4.69) is 152 Å². The minimum Gasteiger partial charge on any atom is -1.00 e. The molecule has 3 heteroatoms. The molecule has 0 spiro atoms. The monoisotopic (exact) mass is 724 g/mol. The standard InChI is InChI=1S/2C20H21.C3H6.2ClH.Zr/c2*1-14-12-16-6-5-7-18(19(16)13-14)15-8-10-17(11-9-15)20(2,3)4;1-3-2;;;/h2*5-13H,1-4H3;1-3H2;2*1H;/q;;;;;+2/p-2. The quantitative estimate of drug-likeness (QED) is 0.222. The topological polar surface area (TPSA) is 0 Å². The third kappa shape index (κ3) is 5.78. The Morgan fingerprint density at radius 2 is 0.891 bits per heavy atom. The average molecular weight is 727 g/mol. The van der Waals surface area contributed by atoms with Gasteiger partial charge in [0.25, 0.3) is 0 Å². The molecule has 1 saturated heterocycles. The molecule has 0 saturated carbocycles. The van der Waals surface area contributed by atoms with Crippen molar-refractivity contribution in [3.63, 3.8) is 0 Å². The molecule has 7 rings (SSSR count). The Morgan fingerprint density at radius 3 is 1.20 bits per heavy atom. The van der Waals surface area contributed by atoms with Crippen molar-refractivity contribution in [3.8, 4) is 22.3 Å². The maximum atomic E-state index is 2.58.